The van der Waals surface area contributed by atoms with Crippen LogP contribution < -0.4 is 5.73 Å². The number of benzene rings is 1. The maximum Gasteiger partial charge on any atom is 0.123 e. The average Bonchev–Trinajstić information content (AvgIpc) is 2.35. The minimum atomic E-state index is -0.409. The van der Waals surface area contributed by atoms with Gasteiger partial charge in [-0.3, -0.25) is 0 Å². The van der Waals surface area contributed by atoms with E-state index in [1.165, 1.54) is 12.1 Å². The molecule has 1 rings (SSSR count). The van der Waals surface area contributed by atoms with Crippen molar-refractivity contribution in [3.63, 3.8) is 0 Å². The molecular weight excluding hydrogens is 239 g/mol. The first kappa shape index (κ1) is 16.1. The first-order valence-corrected chi connectivity index (χ1v) is 7.18. The monoisotopic (exact) mass is 266 g/mol. The van der Waals surface area contributed by atoms with E-state index >= 15 is 0 Å². The van der Waals surface area contributed by atoms with E-state index in [1.807, 2.05) is 12.1 Å². The van der Waals surface area contributed by atoms with Gasteiger partial charge in [0.05, 0.1) is 5.54 Å². The average molecular weight is 266 g/mol. The van der Waals surface area contributed by atoms with Crippen LogP contribution in [0.4, 0.5) is 4.39 Å². The predicted octanol–water partition coefficient (Wildman–Crippen LogP) is 3.37. The largest absolute Gasteiger partial charge is 0.320 e. The van der Waals surface area contributed by atoms with Gasteiger partial charge in [0.25, 0.3) is 0 Å². The summed E-state index contributed by atoms with van der Waals surface area (Å²) < 4.78 is 13.1. The standard InChI is InChI=1S/C16H27FN2/c1-5-19(6-2)12-16(18,11-13(3)4)14-7-9-15(17)10-8-14/h7-10,13H,5-6,11-12,18H2,1-4H3. The molecule has 0 spiro atoms. The lowest BCUT2D eigenvalue weighted by molar-refractivity contribution is 0.202. The molecule has 108 valence electrons. The van der Waals surface area contributed by atoms with Gasteiger partial charge in [0, 0.05) is 6.54 Å². The minimum Gasteiger partial charge on any atom is -0.320 e. The molecule has 0 saturated carbocycles. The molecule has 0 aliphatic heterocycles. The number of nitrogens with zero attached hydrogens (tertiary/aromatic N) is 1. The maximum absolute atomic E-state index is 13.1. The molecule has 2 nitrogen and oxygen atoms in total. The van der Waals surface area contributed by atoms with E-state index in [0.717, 1.165) is 31.6 Å². The minimum absolute atomic E-state index is 0.210. The normalized spacial score (nSPS) is 14.9. The number of hydrogen-bond acceptors (Lipinski definition) is 2. The van der Waals surface area contributed by atoms with Gasteiger partial charge in [-0.05, 0) is 43.1 Å². The molecule has 1 aromatic rings. The second kappa shape index (κ2) is 7.01. The summed E-state index contributed by atoms with van der Waals surface area (Å²) in [5.74, 6) is 0.295. The van der Waals surface area contributed by atoms with Crippen LogP contribution in [0.2, 0.25) is 0 Å². The number of rotatable bonds is 7. The van der Waals surface area contributed by atoms with Gasteiger partial charge in [0.15, 0.2) is 0 Å². The first-order valence-electron chi connectivity index (χ1n) is 7.18. The molecule has 0 aliphatic rings. The highest BCUT2D eigenvalue weighted by Gasteiger charge is 2.30. The molecule has 0 heterocycles. The Balaban J connectivity index is 3.00. The van der Waals surface area contributed by atoms with E-state index in [-0.39, 0.29) is 5.82 Å². The molecule has 1 aromatic carbocycles. The van der Waals surface area contributed by atoms with Crippen LogP contribution in [0.3, 0.4) is 0 Å². The molecule has 0 aromatic heterocycles. The Labute approximate surface area is 116 Å². The summed E-state index contributed by atoms with van der Waals surface area (Å²) >= 11 is 0. The zero-order chi connectivity index (χ0) is 14.5. The Bertz CT molecular complexity index is 371. The Morgan fingerprint density at radius 3 is 2.11 bits per heavy atom. The SMILES string of the molecule is CCN(CC)CC(N)(CC(C)C)c1ccc(F)cc1. The van der Waals surface area contributed by atoms with Gasteiger partial charge in [-0.2, -0.15) is 0 Å². The van der Waals surface area contributed by atoms with Crippen molar-refractivity contribution in [2.45, 2.75) is 39.7 Å². The summed E-state index contributed by atoms with van der Waals surface area (Å²) in [5, 5.41) is 0. The third kappa shape index (κ3) is 4.59. The first-order chi connectivity index (χ1) is 8.91. The summed E-state index contributed by atoms with van der Waals surface area (Å²) in [7, 11) is 0. The van der Waals surface area contributed by atoms with Crippen LogP contribution in [0.15, 0.2) is 24.3 Å². The van der Waals surface area contributed by atoms with Crippen LogP contribution in [0.1, 0.15) is 39.7 Å². The lowest BCUT2D eigenvalue weighted by atomic mass is 9.82. The molecule has 0 fully saturated rings. The fourth-order valence-electron chi connectivity index (χ4n) is 2.63. The topological polar surface area (TPSA) is 29.3 Å². The van der Waals surface area contributed by atoms with Crippen molar-refractivity contribution >= 4 is 0 Å². The van der Waals surface area contributed by atoms with Crippen LogP contribution in [0.5, 0.6) is 0 Å². The molecule has 0 amide bonds. The zero-order valence-electron chi connectivity index (χ0n) is 12.6. The van der Waals surface area contributed by atoms with Crippen LogP contribution in [-0.2, 0) is 5.54 Å². The van der Waals surface area contributed by atoms with Gasteiger partial charge in [0.2, 0.25) is 0 Å². The number of hydrogen-bond donors (Lipinski definition) is 1. The van der Waals surface area contributed by atoms with Crippen LogP contribution >= 0.6 is 0 Å². The number of nitrogens with two attached hydrogens (primary N) is 1. The fourth-order valence-corrected chi connectivity index (χ4v) is 2.63. The molecule has 0 bridgehead atoms. The quantitative estimate of drug-likeness (QED) is 0.820. The summed E-state index contributed by atoms with van der Waals surface area (Å²) in [6.07, 6.45) is 0.898. The van der Waals surface area contributed by atoms with E-state index < -0.39 is 5.54 Å². The maximum atomic E-state index is 13.1. The summed E-state index contributed by atoms with van der Waals surface area (Å²) in [6.45, 7) is 11.4. The third-order valence-corrected chi connectivity index (χ3v) is 3.59. The Hall–Kier alpha value is -0.930. The Kier molecular flexibility index (Phi) is 5.95. The van der Waals surface area contributed by atoms with Crippen molar-refractivity contribution in [1.29, 1.82) is 0 Å². The second-order valence-electron chi connectivity index (χ2n) is 5.72. The summed E-state index contributed by atoms with van der Waals surface area (Å²) in [5.41, 5.74) is 7.27. The van der Waals surface area contributed by atoms with Crippen molar-refractivity contribution in [2.75, 3.05) is 19.6 Å². The van der Waals surface area contributed by atoms with Crippen molar-refractivity contribution in [3.05, 3.63) is 35.6 Å². The smallest absolute Gasteiger partial charge is 0.123 e. The number of halogens is 1. The highest BCUT2D eigenvalue weighted by molar-refractivity contribution is 5.25. The van der Waals surface area contributed by atoms with Gasteiger partial charge in [-0.1, -0.05) is 39.8 Å². The summed E-state index contributed by atoms with van der Waals surface area (Å²) in [6, 6.07) is 6.64. The van der Waals surface area contributed by atoms with Crippen LogP contribution in [0, 0.1) is 11.7 Å². The van der Waals surface area contributed by atoms with E-state index in [9.17, 15) is 4.39 Å². The highest BCUT2D eigenvalue weighted by Crippen LogP contribution is 2.27. The Morgan fingerprint density at radius 2 is 1.68 bits per heavy atom. The molecule has 0 radical (unpaired) electrons. The van der Waals surface area contributed by atoms with Gasteiger partial charge in [0.1, 0.15) is 5.82 Å². The molecule has 19 heavy (non-hydrogen) atoms. The van der Waals surface area contributed by atoms with Gasteiger partial charge < -0.3 is 10.6 Å². The molecule has 0 saturated heterocycles. The highest BCUT2D eigenvalue weighted by atomic mass is 19.1. The van der Waals surface area contributed by atoms with Crippen molar-refractivity contribution in [3.8, 4) is 0 Å². The van der Waals surface area contributed by atoms with E-state index in [1.54, 1.807) is 0 Å². The van der Waals surface area contributed by atoms with Gasteiger partial charge in [-0.15, -0.1) is 0 Å². The van der Waals surface area contributed by atoms with E-state index in [4.69, 9.17) is 5.73 Å². The molecule has 1 atom stereocenters. The van der Waals surface area contributed by atoms with E-state index in [2.05, 4.69) is 32.6 Å². The van der Waals surface area contributed by atoms with Crippen LogP contribution in [0.25, 0.3) is 0 Å². The molecule has 3 heteroatoms. The fraction of sp³-hybridized carbons (Fsp3) is 0.625. The van der Waals surface area contributed by atoms with E-state index in [0.29, 0.717) is 5.92 Å². The van der Waals surface area contributed by atoms with Crippen molar-refractivity contribution < 1.29 is 4.39 Å². The number of likely N-dealkylation sites (N-methyl/N-ethyl adjacent to an activating group) is 1. The summed E-state index contributed by atoms with van der Waals surface area (Å²) in [4.78, 5) is 2.33. The molecular formula is C16H27FN2. The Morgan fingerprint density at radius 1 is 1.16 bits per heavy atom. The molecule has 1 unspecified atom stereocenters. The van der Waals surface area contributed by atoms with Crippen molar-refractivity contribution in [1.82, 2.24) is 4.90 Å². The van der Waals surface area contributed by atoms with Crippen LogP contribution in [-0.4, -0.2) is 24.5 Å². The zero-order valence-corrected chi connectivity index (χ0v) is 12.6. The lowest BCUT2D eigenvalue weighted by Crippen LogP contribution is -2.48. The molecule has 2 N–H and O–H groups in total. The lowest BCUT2D eigenvalue weighted by Gasteiger charge is -2.36. The second-order valence-corrected chi connectivity index (χ2v) is 5.72. The van der Waals surface area contributed by atoms with Crippen molar-refractivity contribution in [2.24, 2.45) is 11.7 Å². The van der Waals surface area contributed by atoms with Gasteiger partial charge >= 0.3 is 0 Å². The third-order valence-electron chi connectivity index (χ3n) is 3.59. The molecule has 0 aliphatic carbocycles. The predicted molar refractivity (Wildman–Crippen MR) is 79.5 cm³/mol. The van der Waals surface area contributed by atoms with Gasteiger partial charge in [-0.25, -0.2) is 4.39 Å².